The summed E-state index contributed by atoms with van der Waals surface area (Å²) < 4.78 is 26.2. The summed E-state index contributed by atoms with van der Waals surface area (Å²) in [5.41, 5.74) is 5.87. The SMILES string of the molecule is Nc1nccnc1SCc1cc(F)ccc1F. The van der Waals surface area contributed by atoms with Gasteiger partial charge in [-0.2, -0.15) is 0 Å². The van der Waals surface area contributed by atoms with Crippen molar-refractivity contribution >= 4 is 17.6 Å². The predicted octanol–water partition coefficient (Wildman–Crippen LogP) is 2.63. The molecular formula is C11H9F2N3S. The number of hydrogen-bond acceptors (Lipinski definition) is 4. The first-order valence-corrected chi connectivity index (χ1v) is 5.78. The van der Waals surface area contributed by atoms with Crippen LogP contribution in [0, 0.1) is 11.6 Å². The Hall–Kier alpha value is -1.69. The third kappa shape index (κ3) is 2.91. The summed E-state index contributed by atoms with van der Waals surface area (Å²) in [5.74, 6) is -0.364. The predicted molar refractivity (Wildman–Crippen MR) is 62.4 cm³/mol. The number of rotatable bonds is 3. The summed E-state index contributed by atoms with van der Waals surface area (Å²) >= 11 is 1.22. The van der Waals surface area contributed by atoms with Gasteiger partial charge in [0.25, 0.3) is 0 Å². The second kappa shape index (κ2) is 5.09. The van der Waals surface area contributed by atoms with E-state index in [0.29, 0.717) is 5.03 Å². The molecule has 0 spiro atoms. The normalized spacial score (nSPS) is 10.5. The Morgan fingerprint density at radius 3 is 2.71 bits per heavy atom. The van der Waals surface area contributed by atoms with E-state index in [1.165, 1.54) is 24.2 Å². The fraction of sp³-hybridized carbons (Fsp3) is 0.0909. The van der Waals surface area contributed by atoms with E-state index in [4.69, 9.17) is 5.73 Å². The molecular weight excluding hydrogens is 244 g/mol. The fourth-order valence-electron chi connectivity index (χ4n) is 1.25. The van der Waals surface area contributed by atoms with Crippen molar-refractivity contribution in [2.45, 2.75) is 10.8 Å². The zero-order valence-corrected chi connectivity index (χ0v) is 9.55. The minimum absolute atomic E-state index is 0.256. The van der Waals surface area contributed by atoms with Crippen molar-refractivity contribution in [2.75, 3.05) is 5.73 Å². The number of thioether (sulfide) groups is 1. The van der Waals surface area contributed by atoms with Crippen LogP contribution in [0.3, 0.4) is 0 Å². The maximum atomic E-state index is 13.3. The summed E-state index contributed by atoms with van der Waals surface area (Å²) in [5, 5.41) is 0.510. The van der Waals surface area contributed by atoms with Crippen LogP contribution in [0.15, 0.2) is 35.6 Å². The average molecular weight is 253 g/mol. The van der Waals surface area contributed by atoms with Gasteiger partial charge in [0.1, 0.15) is 16.7 Å². The zero-order valence-electron chi connectivity index (χ0n) is 8.73. The monoisotopic (exact) mass is 253 g/mol. The third-order valence-electron chi connectivity index (χ3n) is 2.06. The largest absolute Gasteiger partial charge is 0.381 e. The van der Waals surface area contributed by atoms with E-state index in [1.807, 2.05) is 0 Å². The molecule has 3 nitrogen and oxygen atoms in total. The molecule has 0 radical (unpaired) electrons. The second-order valence-electron chi connectivity index (χ2n) is 3.27. The molecule has 0 aliphatic heterocycles. The molecule has 2 rings (SSSR count). The minimum Gasteiger partial charge on any atom is -0.381 e. The minimum atomic E-state index is -0.464. The van der Waals surface area contributed by atoms with Gasteiger partial charge >= 0.3 is 0 Å². The Kier molecular flexibility index (Phi) is 3.53. The lowest BCUT2D eigenvalue weighted by molar-refractivity contribution is 0.591. The van der Waals surface area contributed by atoms with Crippen molar-refractivity contribution in [1.82, 2.24) is 9.97 Å². The molecule has 6 heteroatoms. The third-order valence-corrected chi connectivity index (χ3v) is 3.11. The maximum Gasteiger partial charge on any atom is 0.156 e. The summed E-state index contributed by atoms with van der Waals surface area (Å²) in [6.45, 7) is 0. The Labute approximate surface area is 101 Å². The van der Waals surface area contributed by atoms with E-state index in [2.05, 4.69) is 9.97 Å². The lowest BCUT2D eigenvalue weighted by Gasteiger charge is -2.04. The highest BCUT2D eigenvalue weighted by Gasteiger charge is 2.07. The topological polar surface area (TPSA) is 51.8 Å². The highest BCUT2D eigenvalue weighted by atomic mass is 32.2. The molecule has 0 atom stereocenters. The first-order valence-electron chi connectivity index (χ1n) is 4.80. The van der Waals surface area contributed by atoms with E-state index < -0.39 is 11.6 Å². The fourth-order valence-corrected chi connectivity index (χ4v) is 2.10. The number of halogens is 2. The number of nitrogen functional groups attached to an aromatic ring is 1. The van der Waals surface area contributed by atoms with Gasteiger partial charge in [0.2, 0.25) is 0 Å². The molecule has 0 fully saturated rings. The zero-order chi connectivity index (χ0) is 12.3. The van der Waals surface area contributed by atoms with Crippen molar-refractivity contribution < 1.29 is 8.78 Å². The van der Waals surface area contributed by atoms with Crippen LogP contribution < -0.4 is 5.73 Å². The Bertz CT molecular complexity index is 534. The average Bonchev–Trinajstić information content (AvgIpc) is 2.32. The van der Waals surface area contributed by atoms with Crippen LogP contribution in [0.2, 0.25) is 0 Å². The van der Waals surface area contributed by atoms with Crippen LogP contribution in [0.1, 0.15) is 5.56 Å². The highest BCUT2D eigenvalue weighted by Crippen LogP contribution is 2.25. The molecule has 0 aliphatic carbocycles. The standard InChI is InChI=1S/C11H9F2N3S/c12-8-1-2-9(13)7(5-8)6-17-11-10(14)15-3-4-16-11/h1-5H,6H2,(H2,14,15). The molecule has 1 aromatic heterocycles. The molecule has 1 aromatic carbocycles. The molecule has 0 unspecified atom stereocenters. The van der Waals surface area contributed by atoms with Gasteiger partial charge < -0.3 is 5.73 Å². The van der Waals surface area contributed by atoms with E-state index >= 15 is 0 Å². The van der Waals surface area contributed by atoms with Crippen LogP contribution in [-0.4, -0.2) is 9.97 Å². The van der Waals surface area contributed by atoms with Crippen LogP contribution in [0.25, 0.3) is 0 Å². The second-order valence-corrected chi connectivity index (χ2v) is 4.24. The Morgan fingerprint density at radius 1 is 1.18 bits per heavy atom. The van der Waals surface area contributed by atoms with Crippen molar-refractivity contribution in [3.05, 3.63) is 47.8 Å². The lowest BCUT2D eigenvalue weighted by Crippen LogP contribution is -1.96. The molecule has 2 aromatic rings. The number of hydrogen-bond donors (Lipinski definition) is 1. The van der Waals surface area contributed by atoms with Crippen LogP contribution in [0.5, 0.6) is 0 Å². The van der Waals surface area contributed by atoms with Crippen LogP contribution in [-0.2, 0) is 5.75 Å². The van der Waals surface area contributed by atoms with Gasteiger partial charge in [-0.15, -0.1) is 0 Å². The maximum absolute atomic E-state index is 13.3. The van der Waals surface area contributed by atoms with Gasteiger partial charge in [0, 0.05) is 23.7 Å². The summed E-state index contributed by atoms with van der Waals surface area (Å²) in [6, 6.07) is 3.35. The van der Waals surface area contributed by atoms with Crippen molar-refractivity contribution in [3.63, 3.8) is 0 Å². The molecule has 17 heavy (non-hydrogen) atoms. The Balaban J connectivity index is 2.12. The van der Waals surface area contributed by atoms with Crippen molar-refractivity contribution in [2.24, 2.45) is 0 Å². The molecule has 0 aliphatic rings. The Morgan fingerprint density at radius 2 is 1.94 bits per heavy atom. The molecule has 0 saturated carbocycles. The summed E-state index contributed by atoms with van der Waals surface area (Å²) in [7, 11) is 0. The van der Waals surface area contributed by atoms with Gasteiger partial charge in [-0.3, -0.25) is 0 Å². The molecule has 2 N–H and O–H groups in total. The number of anilines is 1. The first-order chi connectivity index (χ1) is 8.16. The van der Waals surface area contributed by atoms with Crippen molar-refractivity contribution in [1.29, 1.82) is 0 Å². The van der Waals surface area contributed by atoms with E-state index in [1.54, 1.807) is 0 Å². The lowest BCUT2D eigenvalue weighted by atomic mass is 10.2. The summed E-state index contributed by atoms with van der Waals surface area (Å²) in [6.07, 6.45) is 2.97. The van der Waals surface area contributed by atoms with Crippen LogP contribution in [0.4, 0.5) is 14.6 Å². The van der Waals surface area contributed by atoms with Gasteiger partial charge in [0.05, 0.1) is 0 Å². The van der Waals surface area contributed by atoms with Gasteiger partial charge in [-0.05, 0) is 18.2 Å². The molecule has 1 heterocycles. The van der Waals surface area contributed by atoms with Gasteiger partial charge in [0.15, 0.2) is 5.82 Å². The number of nitrogens with two attached hydrogens (primary N) is 1. The van der Waals surface area contributed by atoms with Gasteiger partial charge in [-0.25, -0.2) is 18.7 Å². The van der Waals surface area contributed by atoms with E-state index in [0.717, 1.165) is 18.2 Å². The molecule has 0 saturated heterocycles. The van der Waals surface area contributed by atoms with E-state index in [-0.39, 0.29) is 17.1 Å². The first kappa shape index (κ1) is 11.8. The number of aromatic nitrogens is 2. The van der Waals surface area contributed by atoms with Gasteiger partial charge in [-0.1, -0.05) is 11.8 Å². The van der Waals surface area contributed by atoms with Crippen molar-refractivity contribution in [3.8, 4) is 0 Å². The number of nitrogens with zero attached hydrogens (tertiary/aromatic N) is 2. The van der Waals surface area contributed by atoms with E-state index in [9.17, 15) is 8.78 Å². The molecule has 0 amide bonds. The molecule has 0 bridgehead atoms. The quantitative estimate of drug-likeness (QED) is 0.854. The summed E-state index contributed by atoms with van der Waals surface area (Å²) in [4.78, 5) is 7.86. The molecule has 88 valence electrons. The number of benzene rings is 1. The highest BCUT2D eigenvalue weighted by molar-refractivity contribution is 7.98. The smallest absolute Gasteiger partial charge is 0.156 e. The van der Waals surface area contributed by atoms with Crippen LogP contribution >= 0.6 is 11.8 Å².